The van der Waals surface area contributed by atoms with Gasteiger partial charge < -0.3 is 9.64 Å². The Labute approximate surface area is 129 Å². The van der Waals surface area contributed by atoms with E-state index in [1.165, 1.54) is 12.4 Å². The van der Waals surface area contributed by atoms with Gasteiger partial charge in [0.15, 0.2) is 0 Å². The Kier molecular flexibility index (Phi) is 4.68. The molecule has 0 bridgehead atoms. The maximum Gasteiger partial charge on any atom is 0.410 e. The number of aromatic nitrogens is 2. The molecule has 8 heteroatoms. The van der Waals surface area contributed by atoms with Crippen LogP contribution >= 0.6 is 0 Å². The van der Waals surface area contributed by atoms with Crippen LogP contribution in [0.3, 0.4) is 0 Å². The molecule has 1 aromatic rings. The summed E-state index contributed by atoms with van der Waals surface area (Å²) in [7, 11) is 0. The molecule has 1 aliphatic heterocycles. The van der Waals surface area contributed by atoms with Crippen molar-refractivity contribution in [2.75, 3.05) is 13.1 Å². The summed E-state index contributed by atoms with van der Waals surface area (Å²) in [6, 6.07) is 0. The van der Waals surface area contributed by atoms with Crippen LogP contribution in [-0.2, 0) is 11.3 Å². The van der Waals surface area contributed by atoms with Crippen molar-refractivity contribution in [1.82, 2.24) is 14.7 Å². The first-order valence-corrected chi connectivity index (χ1v) is 7.39. The van der Waals surface area contributed by atoms with E-state index >= 15 is 0 Å². The van der Waals surface area contributed by atoms with Crippen molar-refractivity contribution in [1.29, 1.82) is 0 Å². The molecule has 2 rings (SSSR count). The molecule has 0 N–H and O–H groups in total. The molecule has 0 unspecified atom stereocenters. The molecule has 8 nitrogen and oxygen atoms in total. The quantitative estimate of drug-likeness (QED) is 0.631. The molecule has 1 saturated heterocycles. The van der Waals surface area contributed by atoms with E-state index in [0.29, 0.717) is 25.6 Å². The maximum absolute atomic E-state index is 12.0. The highest BCUT2D eigenvalue weighted by atomic mass is 16.6. The van der Waals surface area contributed by atoms with Crippen LogP contribution in [-0.4, -0.2) is 44.4 Å². The molecule has 0 saturated carbocycles. The van der Waals surface area contributed by atoms with Crippen molar-refractivity contribution in [3.8, 4) is 0 Å². The first-order chi connectivity index (χ1) is 10.2. The van der Waals surface area contributed by atoms with E-state index in [0.717, 1.165) is 12.8 Å². The Bertz CT molecular complexity index is 541. The lowest BCUT2D eigenvalue weighted by Crippen LogP contribution is -2.42. The minimum absolute atomic E-state index is 0.00573. The van der Waals surface area contributed by atoms with Gasteiger partial charge in [-0.3, -0.25) is 14.8 Å². The minimum atomic E-state index is -0.484. The molecule has 1 fully saturated rings. The molecule has 2 heterocycles. The molecule has 122 valence electrons. The van der Waals surface area contributed by atoms with Crippen molar-refractivity contribution in [2.45, 2.75) is 45.8 Å². The van der Waals surface area contributed by atoms with Gasteiger partial charge in [0.25, 0.3) is 0 Å². The van der Waals surface area contributed by atoms with Crippen LogP contribution in [0.5, 0.6) is 0 Å². The molecule has 0 radical (unpaired) electrons. The summed E-state index contributed by atoms with van der Waals surface area (Å²) >= 11 is 0. The largest absolute Gasteiger partial charge is 0.444 e. The molecule has 22 heavy (non-hydrogen) atoms. The standard InChI is InChI=1S/C14H22N4O4/c1-14(2,3)22-13(19)16-6-4-11(5-7-16)9-17-10-12(8-15-17)18(20)21/h8,10-11H,4-7,9H2,1-3H3. The van der Waals surface area contributed by atoms with Gasteiger partial charge in [0.05, 0.1) is 4.92 Å². The summed E-state index contributed by atoms with van der Waals surface area (Å²) < 4.78 is 6.96. The lowest BCUT2D eigenvalue weighted by atomic mass is 9.97. The fraction of sp³-hybridized carbons (Fsp3) is 0.714. The highest BCUT2D eigenvalue weighted by molar-refractivity contribution is 5.68. The van der Waals surface area contributed by atoms with Crippen LogP contribution < -0.4 is 0 Å². The minimum Gasteiger partial charge on any atom is -0.444 e. The second-order valence-electron chi connectivity index (χ2n) is 6.59. The smallest absolute Gasteiger partial charge is 0.410 e. The van der Waals surface area contributed by atoms with Crippen molar-refractivity contribution < 1.29 is 14.5 Å². The summed E-state index contributed by atoms with van der Waals surface area (Å²) in [4.78, 5) is 23.9. The number of nitro groups is 1. The van der Waals surface area contributed by atoms with E-state index in [2.05, 4.69) is 5.10 Å². The van der Waals surface area contributed by atoms with Gasteiger partial charge in [-0.25, -0.2) is 4.79 Å². The predicted molar refractivity (Wildman–Crippen MR) is 79.4 cm³/mol. The third kappa shape index (κ3) is 4.44. The molecular weight excluding hydrogens is 288 g/mol. The second kappa shape index (κ2) is 6.33. The van der Waals surface area contributed by atoms with Crippen LogP contribution in [0.15, 0.2) is 12.4 Å². The van der Waals surface area contributed by atoms with Gasteiger partial charge in [-0.15, -0.1) is 0 Å². The van der Waals surface area contributed by atoms with E-state index in [9.17, 15) is 14.9 Å². The Morgan fingerprint density at radius 3 is 2.59 bits per heavy atom. The summed E-state index contributed by atoms with van der Waals surface area (Å²) in [6.45, 7) is 7.47. The fourth-order valence-corrected chi connectivity index (χ4v) is 2.44. The normalized spacial score (nSPS) is 16.6. The number of rotatable bonds is 3. The average Bonchev–Trinajstić information content (AvgIpc) is 2.86. The van der Waals surface area contributed by atoms with E-state index < -0.39 is 10.5 Å². The van der Waals surface area contributed by atoms with E-state index in [-0.39, 0.29) is 11.8 Å². The summed E-state index contributed by atoms with van der Waals surface area (Å²) in [5.74, 6) is 0.359. The summed E-state index contributed by atoms with van der Waals surface area (Å²) in [6.07, 6.45) is 4.11. The number of amides is 1. The van der Waals surface area contributed by atoms with E-state index in [1.807, 2.05) is 20.8 Å². The lowest BCUT2D eigenvalue weighted by molar-refractivity contribution is -0.385. The van der Waals surface area contributed by atoms with Crippen molar-refractivity contribution >= 4 is 11.8 Å². The van der Waals surface area contributed by atoms with Crippen molar-refractivity contribution in [3.05, 3.63) is 22.5 Å². The van der Waals surface area contributed by atoms with Gasteiger partial charge in [-0.2, -0.15) is 5.10 Å². The Morgan fingerprint density at radius 1 is 1.45 bits per heavy atom. The summed E-state index contributed by atoms with van der Waals surface area (Å²) in [5, 5.41) is 14.6. The molecule has 1 amide bonds. The van der Waals surface area contributed by atoms with Crippen molar-refractivity contribution in [3.63, 3.8) is 0 Å². The molecule has 0 spiro atoms. The van der Waals surface area contributed by atoms with Crippen LogP contribution in [0.2, 0.25) is 0 Å². The molecule has 0 atom stereocenters. The Morgan fingerprint density at radius 2 is 2.09 bits per heavy atom. The van der Waals surface area contributed by atoms with Gasteiger partial charge in [-0.05, 0) is 39.5 Å². The lowest BCUT2D eigenvalue weighted by Gasteiger charge is -2.33. The zero-order chi connectivity index (χ0) is 16.3. The van der Waals surface area contributed by atoms with Crippen LogP contribution in [0.25, 0.3) is 0 Å². The zero-order valence-electron chi connectivity index (χ0n) is 13.2. The number of hydrogen-bond acceptors (Lipinski definition) is 5. The zero-order valence-corrected chi connectivity index (χ0v) is 13.2. The number of hydrogen-bond donors (Lipinski definition) is 0. The van der Waals surface area contributed by atoms with Gasteiger partial charge in [0.1, 0.15) is 18.0 Å². The first kappa shape index (κ1) is 16.3. The van der Waals surface area contributed by atoms with Gasteiger partial charge in [0, 0.05) is 19.6 Å². The highest BCUT2D eigenvalue weighted by Gasteiger charge is 2.27. The SMILES string of the molecule is CC(C)(C)OC(=O)N1CCC(Cn2cc([N+](=O)[O-])cn2)CC1. The third-order valence-corrected chi connectivity index (χ3v) is 3.54. The topological polar surface area (TPSA) is 90.5 Å². The number of likely N-dealkylation sites (tertiary alicyclic amines) is 1. The number of carbonyl (C=O) groups excluding carboxylic acids is 1. The Hall–Kier alpha value is -2.12. The predicted octanol–water partition coefficient (Wildman–Crippen LogP) is 2.44. The maximum atomic E-state index is 12.0. The van der Waals surface area contributed by atoms with E-state index in [1.54, 1.807) is 9.58 Å². The molecule has 0 aliphatic carbocycles. The summed E-state index contributed by atoms with van der Waals surface area (Å²) in [5.41, 5.74) is -0.478. The third-order valence-electron chi connectivity index (χ3n) is 3.54. The van der Waals surface area contributed by atoms with Crippen molar-refractivity contribution in [2.24, 2.45) is 5.92 Å². The molecular formula is C14H22N4O4. The van der Waals surface area contributed by atoms with Crippen LogP contribution in [0.1, 0.15) is 33.6 Å². The number of nitrogens with zero attached hydrogens (tertiary/aromatic N) is 4. The molecule has 0 aromatic carbocycles. The van der Waals surface area contributed by atoms with Gasteiger partial charge in [-0.1, -0.05) is 0 Å². The molecule has 1 aliphatic rings. The average molecular weight is 310 g/mol. The highest BCUT2D eigenvalue weighted by Crippen LogP contribution is 2.21. The van der Waals surface area contributed by atoms with E-state index in [4.69, 9.17) is 4.74 Å². The van der Waals surface area contributed by atoms with Gasteiger partial charge in [0.2, 0.25) is 0 Å². The molecule has 1 aromatic heterocycles. The second-order valence-corrected chi connectivity index (χ2v) is 6.59. The first-order valence-electron chi connectivity index (χ1n) is 7.39. The van der Waals surface area contributed by atoms with Crippen LogP contribution in [0.4, 0.5) is 10.5 Å². The fourth-order valence-electron chi connectivity index (χ4n) is 2.44. The number of piperidine rings is 1. The monoisotopic (exact) mass is 310 g/mol. The number of ether oxygens (including phenoxy) is 1. The Balaban J connectivity index is 1.81. The van der Waals surface area contributed by atoms with Gasteiger partial charge >= 0.3 is 11.8 Å². The van der Waals surface area contributed by atoms with Crippen LogP contribution in [0, 0.1) is 16.0 Å². The number of carbonyl (C=O) groups is 1.